The number of aromatic nitrogens is 3. The van der Waals surface area contributed by atoms with Gasteiger partial charge in [-0.1, -0.05) is 6.07 Å². The highest BCUT2D eigenvalue weighted by atomic mass is 32.2. The van der Waals surface area contributed by atoms with Crippen LogP contribution in [-0.4, -0.2) is 30.0 Å². The number of hydrogen-bond acceptors (Lipinski definition) is 8. The summed E-state index contributed by atoms with van der Waals surface area (Å²) in [6.45, 7) is 3.77. The van der Waals surface area contributed by atoms with Crippen molar-refractivity contribution in [2.75, 3.05) is 22.0 Å². The highest BCUT2D eigenvalue weighted by Crippen LogP contribution is 2.25. The second-order valence-corrected chi connectivity index (χ2v) is 9.04. The SMILES string of the molecule is CCOc1ccc(S(=O)(=O)Nc2ccc(Nc3cc(Nc4ccccn4)nc(C)n3)cc2)cc1F. The molecule has 9 nitrogen and oxygen atoms in total. The largest absolute Gasteiger partial charge is 0.491 e. The second kappa shape index (κ2) is 10.3. The molecular formula is C24H23FN6O3S. The van der Waals surface area contributed by atoms with Crippen molar-refractivity contribution in [3.05, 3.63) is 84.6 Å². The van der Waals surface area contributed by atoms with E-state index in [1.54, 1.807) is 50.4 Å². The van der Waals surface area contributed by atoms with Crippen LogP contribution in [0.3, 0.4) is 0 Å². The van der Waals surface area contributed by atoms with E-state index in [0.717, 1.165) is 6.07 Å². The van der Waals surface area contributed by atoms with E-state index in [2.05, 4.69) is 30.3 Å². The Morgan fingerprint density at radius 1 is 0.886 bits per heavy atom. The van der Waals surface area contributed by atoms with Crippen LogP contribution < -0.4 is 20.1 Å². The van der Waals surface area contributed by atoms with Crippen LogP contribution in [0.25, 0.3) is 0 Å². The Kier molecular flexibility index (Phi) is 7.06. The molecule has 0 amide bonds. The van der Waals surface area contributed by atoms with E-state index in [9.17, 15) is 12.8 Å². The van der Waals surface area contributed by atoms with Gasteiger partial charge in [-0.3, -0.25) is 4.72 Å². The molecule has 0 saturated carbocycles. The van der Waals surface area contributed by atoms with Gasteiger partial charge in [0.2, 0.25) is 0 Å². The molecule has 0 radical (unpaired) electrons. The van der Waals surface area contributed by atoms with E-state index in [0.29, 0.717) is 34.7 Å². The first kappa shape index (κ1) is 23.9. The number of sulfonamides is 1. The van der Waals surface area contributed by atoms with Crippen LogP contribution in [-0.2, 0) is 10.0 Å². The Morgan fingerprint density at radius 2 is 1.60 bits per heavy atom. The quantitative estimate of drug-likeness (QED) is 0.297. The van der Waals surface area contributed by atoms with Gasteiger partial charge in [0.25, 0.3) is 10.0 Å². The van der Waals surface area contributed by atoms with Crippen LogP contribution in [0, 0.1) is 12.7 Å². The van der Waals surface area contributed by atoms with E-state index >= 15 is 0 Å². The van der Waals surface area contributed by atoms with Crippen LogP contribution >= 0.6 is 0 Å². The van der Waals surface area contributed by atoms with Gasteiger partial charge in [0, 0.05) is 23.6 Å². The number of rotatable bonds is 9. The summed E-state index contributed by atoms with van der Waals surface area (Å²) < 4.78 is 47.0. The Balaban J connectivity index is 1.45. The van der Waals surface area contributed by atoms with Gasteiger partial charge in [0.05, 0.1) is 11.5 Å². The van der Waals surface area contributed by atoms with Crippen molar-refractivity contribution in [2.24, 2.45) is 0 Å². The van der Waals surface area contributed by atoms with Gasteiger partial charge in [0.1, 0.15) is 23.3 Å². The van der Waals surface area contributed by atoms with Crippen molar-refractivity contribution < 1.29 is 17.5 Å². The molecule has 0 bridgehead atoms. The van der Waals surface area contributed by atoms with Crippen LogP contribution in [0.15, 0.2) is 77.8 Å². The molecule has 3 N–H and O–H groups in total. The first-order valence-electron chi connectivity index (χ1n) is 10.7. The molecule has 2 aromatic carbocycles. The number of benzene rings is 2. The maximum absolute atomic E-state index is 14.1. The monoisotopic (exact) mass is 494 g/mol. The molecular weight excluding hydrogens is 471 g/mol. The molecule has 4 aromatic rings. The van der Waals surface area contributed by atoms with Gasteiger partial charge in [-0.05, 0) is 68.4 Å². The van der Waals surface area contributed by atoms with Gasteiger partial charge >= 0.3 is 0 Å². The van der Waals surface area contributed by atoms with Gasteiger partial charge in [-0.2, -0.15) is 0 Å². The maximum Gasteiger partial charge on any atom is 0.262 e. The van der Waals surface area contributed by atoms with Crippen LogP contribution in [0.1, 0.15) is 12.7 Å². The Hall–Kier alpha value is -4.25. The summed E-state index contributed by atoms with van der Waals surface area (Å²) in [5.41, 5.74) is 1.00. The van der Waals surface area contributed by atoms with Gasteiger partial charge in [-0.25, -0.2) is 27.8 Å². The minimum absolute atomic E-state index is 0.000208. The number of hydrogen-bond donors (Lipinski definition) is 3. The number of aryl methyl sites for hydroxylation is 1. The number of nitrogens with one attached hydrogen (secondary N) is 3. The fourth-order valence-electron chi connectivity index (χ4n) is 3.17. The highest BCUT2D eigenvalue weighted by Gasteiger charge is 2.17. The molecule has 0 fully saturated rings. The topological polar surface area (TPSA) is 118 Å². The van der Waals surface area contributed by atoms with Crippen molar-refractivity contribution in [3.8, 4) is 5.75 Å². The summed E-state index contributed by atoms with van der Waals surface area (Å²) in [5.74, 6) is 1.59. The summed E-state index contributed by atoms with van der Waals surface area (Å²) in [6.07, 6.45) is 1.68. The lowest BCUT2D eigenvalue weighted by atomic mass is 10.3. The van der Waals surface area contributed by atoms with Gasteiger partial charge in [-0.15, -0.1) is 0 Å². The van der Waals surface area contributed by atoms with E-state index in [4.69, 9.17) is 4.74 Å². The third-order valence-corrected chi connectivity index (χ3v) is 6.06. The lowest BCUT2D eigenvalue weighted by Gasteiger charge is -2.12. The molecule has 0 atom stereocenters. The fraction of sp³-hybridized carbons (Fsp3) is 0.125. The summed E-state index contributed by atoms with van der Waals surface area (Å²) in [4.78, 5) is 12.8. The number of halogens is 1. The lowest BCUT2D eigenvalue weighted by molar-refractivity contribution is 0.321. The summed E-state index contributed by atoms with van der Waals surface area (Å²) in [6, 6.07) is 17.3. The normalized spacial score (nSPS) is 11.1. The van der Waals surface area contributed by atoms with Crippen LogP contribution in [0.4, 0.5) is 33.2 Å². The molecule has 0 spiro atoms. The van der Waals surface area contributed by atoms with Crippen molar-refractivity contribution >= 4 is 38.9 Å². The van der Waals surface area contributed by atoms with E-state index in [-0.39, 0.29) is 17.3 Å². The number of pyridine rings is 1. The second-order valence-electron chi connectivity index (χ2n) is 7.36. The minimum Gasteiger partial charge on any atom is -0.491 e. The van der Waals surface area contributed by atoms with Gasteiger partial charge < -0.3 is 15.4 Å². The molecule has 0 aliphatic heterocycles. The maximum atomic E-state index is 14.1. The first-order chi connectivity index (χ1) is 16.8. The van der Waals surface area contributed by atoms with Crippen LogP contribution in [0.5, 0.6) is 5.75 Å². The van der Waals surface area contributed by atoms with Crippen molar-refractivity contribution in [1.82, 2.24) is 15.0 Å². The smallest absolute Gasteiger partial charge is 0.262 e. The van der Waals surface area contributed by atoms with Crippen molar-refractivity contribution in [2.45, 2.75) is 18.7 Å². The molecule has 11 heteroatoms. The molecule has 2 heterocycles. The molecule has 4 rings (SSSR count). The highest BCUT2D eigenvalue weighted by molar-refractivity contribution is 7.92. The summed E-state index contributed by atoms with van der Waals surface area (Å²) in [7, 11) is -3.98. The zero-order valence-electron chi connectivity index (χ0n) is 19.0. The molecule has 180 valence electrons. The third-order valence-electron chi connectivity index (χ3n) is 4.68. The molecule has 0 aliphatic rings. The molecule has 0 saturated heterocycles. The lowest BCUT2D eigenvalue weighted by Crippen LogP contribution is -2.13. The predicted octanol–water partition coefficient (Wildman–Crippen LogP) is 5.01. The molecule has 2 aromatic heterocycles. The Labute approximate surface area is 202 Å². The Bertz CT molecular complexity index is 1420. The standard InChI is InChI=1S/C24H23FN6O3S/c1-3-34-21-12-11-19(14-20(21)25)35(32,33)31-18-9-7-17(8-10-18)29-23-15-24(28-16(2)27-23)30-22-6-4-5-13-26-22/h4-15,31H,3H2,1-2H3,(H2,26,27,28,29,30). The third kappa shape index (κ3) is 6.21. The summed E-state index contributed by atoms with van der Waals surface area (Å²) in [5, 5.41) is 6.29. The number of ether oxygens (including phenoxy) is 1. The zero-order chi connectivity index (χ0) is 24.8. The average Bonchev–Trinajstić information content (AvgIpc) is 2.82. The average molecular weight is 495 g/mol. The molecule has 0 unspecified atom stereocenters. The molecule has 35 heavy (non-hydrogen) atoms. The Morgan fingerprint density at radius 3 is 2.26 bits per heavy atom. The minimum atomic E-state index is -3.98. The zero-order valence-corrected chi connectivity index (χ0v) is 19.8. The fourth-order valence-corrected chi connectivity index (χ4v) is 4.24. The van der Waals surface area contributed by atoms with Crippen molar-refractivity contribution in [3.63, 3.8) is 0 Å². The van der Waals surface area contributed by atoms with Crippen molar-refractivity contribution in [1.29, 1.82) is 0 Å². The number of anilines is 5. The first-order valence-corrected chi connectivity index (χ1v) is 12.2. The van der Waals surface area contributed by atoms with Gasteiger partial charge in [0.15, 0.2) is 11.6 Å². The number of nitrogens with zero attached hydrogens (tertiary/aromatic N) is 3. The summed E-state index contributed by atoms with van der Waals surface area (Å²) >= 11 is 0. The van der Waals surface area contributed by atoms with E-state index < -0.39 is 15.8 Å². The molecule has 0 aliphatic carbocycles. The van der Waals surface area contributed by atoms with E-state index in [1.165, 1.54) is 12.1 Å². The predicted molar refractivity (Wildman–Crippen MR) is 132 cm³/mol. The van der Waals surface area contributed by atoms with Crippen LogP contribution in [0.2, 0.25) is 0 Å². The van der Waals surface area contributed by atoms with E-state index in [1.807, 2.05) is 18.2 Å².